The van der Waals surface area contributed by atoms with Gasteiger partial charge < -0.3 is 19.2 Å². The van der Waals surface area contributed by atoms with Gasteiger partial charge in [-0.2, -0.15) is 0 Å². The van der Waals surface area contributed by atoms with E-state index >= 15 is 0 Å². The number of rotatable bonds is 7. The molecule has 2 aromatic heterocycles. The van der Waals surface area contributed by atoms with Crippen molar-refractivity contribution >= 4 is 17.7 Å². The highest BCUT2D eigenvalue weighted by atomic mass is 32.2. The fourth-order valence-corrected chi connectivity index (χ4v) is 3.83. The van der Waals surface area contributed by atoms with Crippen LogP contribution in [0.5, 0.6) is 11.5 Å². The Labute approximate surface area is 178 Å². The summed E-state index contributed by atoms with van der Waals surface area (Å²) in [5.74, 6) is 1.62. The molecule has 0 bridgehead atoms. The highest BCUT2D eigenvalue weighted by Gasteiger charge is 2.30. The molecule has 3 heterocycles. The van der Waals surface area contributed by atoms with E-state index < -0.39 is 6.10 Å². The lowest BCUT2D eigenvalue weighted by atomic mass is 10.1. The molecule has 0 saturated heterocycles. The van der Waals surface area contributed by atoms with Crippen LogP contribution >= 0.6 is 11.8 Å². The van der Waals surface area contributed by atoms with E-state index in [0.29, 0.717) is 29.2 Å². The predicted octanol–water partition coefficient (Wildman–Crippen LogP) is 3.41. The van der Waals surface area contributed by atoms with Gasteiger partial charge in [0.25, 0.3) is 11.1 Å². The molecule has 156 valence electrons. The molecule has 1 amide bonds. The van der Waals surface area contributed by atoms with Crippen LogP contribution in [0.1, 0.15) is 31.4 Å². The number of amides is 1. The van der Waals surface area contributed by atoms with E-state index in [-0.39, 0.29) is 23.7 Å². The van der Waals surface area contributed by atoms with Gasteiger partial charge in [0.05, 0.1) is 5.25 Å². The van der Waals surface area contributed by atoms with Crippen LogP contribution in [0.4, 0.5) is 0 Å². The first kappa shape index (κ1) is 20.2. The third-order valence-electron chi connectivity index (χ3n) is 4.49. The monoisotopic (exact) mass is 426 g/mol. The number of benzene rings is 1. The molecular weight excluding hydrogens is 404 g/mol. The maximum atomic E-state index is 12.7. The van der Waals surface area contributed by atoms with Gasteiger partial charge in [-0.05, 0) is 29.7 Å². The van der Waals surface area contributed by atoms with Crippen LogP contribution in [0.3, 0.4) is 0 Å². The number of pyridine rings is 1. The Kier molecular flexibility index (Phi) is 6.18. The van der Waals surface area contributed by atoms with E-state index in [9.17, 15) is 4.79 Å². The molecule has 0 spiro atoms. The van der Waals surface area contributed by atoms with Gasteiger partial charge in [-0.15, -0.1) is 10.2 Å². The van der Waals surface area contributed by atoms with Crippen LogP contribution in [0.25, 0.3) is 0 Å². The SMILES string of the molecule is CC(C)[C@H](Sc1nnc([C@H]2COc3ccccc3O2)o1)C(=O)NCc1cccnc1. The Morgan fingerprint density at radius 2 is 2.03 bits per heavy atom. The van der Waals surface area contributed by atoms with Crippen LogP contribution in [0.15, 0.2) is 58.4 Å². The number of para-hydroxylation sites is 2. The highest BCUT2D eigenvalue weighted by molar-refractivity contribution is 8.00. The van der Waals surface area contributed by atoms with Crippen LogP contribution in [-0.2, 0) is 11.3 Å². The molecule has 2 atom stereocenters. The standard InChI is InChI=1S/C21H22N4O4S/c1-13(2)18(19(26)23-11-14-6-5-9-22-10-14)30-21-25-24-20(29-21)17-12-27-15-7-3-4-8-16(15)28-17/h3-10,13,17-18H,11-12H2,1-2H3,(H,23,26)/t17-,18+/m1/s1. The normalized spacial score (nSPS) is 16.3. The van der Waals surface area contributed by atoms with Crippen molar-refractivity contribution in [3.63, 3.8) is 0 Å². The number of carbonyl (C=O) groups excluding carboxylic acids is 1. The molecule has 0 unspecified atom stereocenters. The Bertz CT molecular complexity index is 995. The number of carbonyl (C=O) groups is 1. The van der Waals surface area contributed by atoms with Gasteiger partial charge in [-0.1, -0.05) is 43.8 Å². The third-order valence-corrected chi connectivity index (χ3v) is 5.87. The minimum absolute atomic E-state index is 0.0698. The largest absolute Gasteiger partial charge is 0.485 e. The first-order valence-corrected chi connectivity index (χ1v) is 10.5. The van der Waals surface area contributed by atoms with Crippen molar-refractivity contribution in [1.82, 2.24) is 20.5 Å². The summed E-state index contributed by atoms with van der Waals surface area (Å²) < 4.78 is 17.4. The fraction of sp³-hybridized carbons (Fsp3) is 0.333. The number of nitrogens with one attached hydrogen (secondary N) is 1. The molecular formula is C21H22N4O4S. The lowest BCUT2D eigenvalue weighted by molar-refractivity contribution is -0.121. The zero-order chi connectivity index (χ0) is 20.9. The highest BCUT2D eigenvalue weighted by Crippen LogP contribution is 2.36. The van der Waals surface area contributed by atoms with Crippen molar-refractivity contribution in [2.45, 2.75) is 37.0 Å². The van der Waals surface area contributed by atoms with E-state index in [4.69, 9.17) is 13.9 Å². The number of thioether (sulfide) groups is 1. The van der Waals surface area contributed by atoms with Gasteiger partial charge in [0, 0.05) is 18.9 Å². The van der Waals surface area contributed by atoms with E-state index in [1.54, 1.807) is 12.4 Å². The molecule has 1 aliphatic heterocycles. The lowest BCUT2D eigenvalue weighted by Crippen LogP contribution is -2.35. The second kappa shape index (κ2) is 9.17. The smallest absolute Gasteiger partial charge is 0.277 e. The molecule has 1 aliphatic rings. The molecule has 8 nitrogen and oxygen atoms in total. The summed E-state index contributed by atoms with van der Waals surface area (Å²) in [5.41, 5.74) is 0.938. The number of hydrogen-bond donors (Lipinski definition) is 1. The van der Waals surface area contributed by atoms with Gasteiger partial charge in [0.2, 0.25) is 12.0 Å². The van der Waals surface area contributed by atoms with Crippen molar-refractivity contribution in [2.24, 2.45) is 5.92 Å². The minimum atomic E-state index is -0.487. The average molecular weight is 426 g/mol. The zero-order valence-electron chi connectivity index (χ0n) is 16.6. The van der Waals surface area contributed by atoms with E-state index in [0.717, 1.165) is 5.56 Å². The van der Waals surface area contributed by atoms with Crippen molar-refractivity contribution in [1.29, 1.82) is 0 Å². The summed E-state index contributed by atoms with van der Waals surface area (Å²) in [6, 6.07) is 11.2. The molecule has 3 aromatic rings. The average Bonchev–Trinajstić information content (AvgIpc) is 3.25. The van der Waals surface area contributed by atoms with E-state index in [2.05, 4.69) is 20.5 Å². The Balaban J connectivity index is 1.39. The zero-order valence-corrected chi connectivity index (χ0v) is 17.5. The van der Waals surface area contributed by atoms with Gasteiger partial charge >= 0.3 is 0 Å². The quantitative estimate of drug-likeness (QED) is 0.574. The molecule has 0 fully saturated rings. The summed E-state index contributed by atoms with van der Waals surface area (Å²) in [6.07, 6.45) is 2.94. The first-order chi connectivity index (χ1) is 14.6. The Morgan fingerprint density at radius 1 is 1.20 bits per heavy atom. The topological polar surface area (TPSA) is 99.4 Å². The van der Waals surface area contributed by atoms with Crippen molar-refractivity contribution in [2.75, 3.05) is 6.61 Å². The second-order valence-corrected chi connectivity index (χ2v) is 8.22. The van der Waals surface area contributed by atoms with Crippen molar-refractivity contribution in [3.05, 3.63) is 60.2 Å². The number of hydrogen-bond acceptors (Lipinski definition) is 8. The summed E-state index contributed by atoms with van der Waals surface area (Å²) in [5, 5.41) is 11.1. The summed E-state index contributed by atoms with van der Waals surface area (Å²) in [6.45, 7) is 4.65. The van der Waals surface area contributed by atoms with Gasteiger partial charge in [-0.3, -0.25) is 9.78 Å². The minimum Gasteiger partial charge on any atom is -0.485 e. The maximum Gasteiger partial charge on any atom is 0.277 e. The van der Waals surface area contributed by atoms with Crippen molar-refractivity contribution in [3.8, 4) is 11.5 Å². The fourth-order valence-electron chi connectivity index (χ4n) is 2.93. The summed E-state index contributed by atoms with van der Waals surface area (Å²) >= 11 is 1.25. The molecule has 30 heavy (non-hydrogen) atoms. The van der Waals surface area contributed by atoms with Crippen LogP contribution in [0, 0.1) is 5.92 Å². The lowest BCUT2D eigenvalue weighted by Gasteiger charge is -2.23. The molecule has 4 rings (SSSR count). The maximum absolute atomic E-state index is 12.7. The summed E-state index contributed by atoms with van der Waals surface area (Å²) in [4.78, 5) is 16.8. The van der Waals surface area contributed by atoms with Crippen molar-refractivity contribution < 1.29 is 18.7 Å². The number of fused-ring (bicyclic) bond motifs is 1. The second-order valence-electron chi connectivity index (χ2n) is 7.13. The number of nitrogens with zero attached hydrogens (tertiary/aromatic N) is 3. The number of aromatic nitrogens is 3. The molecule has 1 N–H and O–H groups in total. The van der Waals surface area contributed by atoms with E-state index in [1.807, 2.05) is 50.2 Å². The first-order valence-electron chi connectivity index (χ1n) is 9.65. The van der Waals surface area contributed by atoms with Gasteiger partial charge in [0.1, 0.15) is 6.61 Å². The predicted molar refractivity (Wildman–Crippen MR) is 110 cm³/mol. The Morgan fingerprint density at radius 3 is 2.80 bits per heavy atom. The Hall–Kier alpha value is -3.07. The van der Waals surface area contributed by atoms with Crippen LogP contribution < -0.4 is 14.8 Å². The molecule has 0 radical (unpaired) electrons. The van der Waals surface area contributed by atoms with Crippen LogP contribution in [0.2, 0.25) is 0 Å². The molecule has 9 heteroatoms. The summed E-state index contributed by atoms with van der Waals surface area (Å²) in [7, 11) is 0. The molecule has 0 aliphatic carbocycles. The third kappa shape index (κ3) is 4.73. The number of ether oxygens (including phenoxy) is 2. The molecule has 0 saturated carbocycles. The van der Waals surface area contributed by atoms with Gasteiger partial charge in [0.15, 0.2) is 11.5 Å². The molecule has 1 aromatic carbocycles. The van der Waals surface area contributed by atoms with Crippen LogP contribution in [-0.4, -0.2) is 32.9 Å². The van der Waals surface area contributed by atoms with Gasteiger partial charge in [-0.25, -0.2) is 0 Å². The van der Waals surface area contributed by atoms with E-state index in [1.165, 1.54) is 11.8 Å².